The minimum Gasteiger partial charge on any atom is -0.347 e. The molecule has 0 saturated carbocycles. The highest BCUT2D eigenvalue weighted by Gasteiger charge is 2.26. The Morgan fingerprint density at radius 3 is 2.83 bits per heavy atom. The minimum atomic E-state index is 0.555. The molecule has 1 aliphatic carbocycles. The lowest BCUT2D eigenvalue weighted by atomic mass is 9.85. The SMILES string of the molecule is Cc1ccc2c3c(n(C)c2c1C)CCCC3CN. The third kappa shape index (κ3) is 1.45. The molecule has 1 unspecified atom stereocenters. The van der Waals surface area contributed by atoms with Crippen LogP contribution in [0, 0.1) is 13.8 Å². The van der Waals surface area contributed by atoms with E-state index in [1.54, 1.807) is 0 Å². The highest BCUT2D eigenvalue weighted by Crippen LogP contribution is 2.39. The van der Waals surface area contributed by atoms with Gasteiger partial charge in [-0.3, -0.25) is 0 Å². The third-order valence-electron chi connectivity index (χ3n) is 4.70. The number of nitrogens with two attached hydrogens (primary N) is 1. The van der Waals surface area contributed by atoms with E-state index in [1.165, 1.54) is 52.5 Å². The van der Waals surface area contributed by atoms with Crippen LogP contribution in [-0.2, 0) is 13.5 Å². The van der Waals surface area contributed by atoms with Crippen LogP contribution in [0.3, 0.4) is 0 Å². The minimum absolute atomic E-state index is 0.555. The molecule has 18 heavy (non-hydrogen) atoms. The molecule has 2 nitrogen and oxygen atoms in total. The summed E-state index contributed by atoms with van der Waals surface area (Å²) in [5, 5.41) is 1.44. The molecule has 1 atom stereocenters. The van der Waals surface area contributed by atoms with E-state index in [4.69, 9.17) is 5.73 Å². The molecule has 1 aliphatic rings. The van der Waals surface area contributed by atoms with Crippen molar-refractivity contribution in [2.24, 2.45) is 12.8 Å². The van der Waals surface area contributed by atoms with Gasteiger partial charge in [0.25, 0.3) is 0 Å². The molecule has 2 heteroatoms. The largest absolute Gasteiger partial charge is 0.347 e. The van der Waals surface area contributed by atoms with Gasteiger partial charge < -0.3 is 10.3 Å². The summed E-state index contributed by atoms with van der Waals surface area (Å²) in [6.45, 7) is 5.21. The molecule has 2 N–H and O–H groups in total. The number of benzene rings is 1. The smallest absolute Gasteiger partial charge is 0.0515 e. The number of fused-ring (bicyclic) bond motifs is 3. The lowest BCUT2D eigenvalue weighted by Crippen LogP contribution is -2.18. The van der Waals surface area contributed by atoms with Gasteiger partial charge in [0.2, 0.25) is 0 Å². The van der Waals surface area contributed by atoms with Crippen LogP contribution >= 0.6 is 0 Å². The van der Waals surface area contributed by atoms with Crippen LogP contribution in [0.5, 0.6) is 0 Å². The first-order valence-corrected chi connectivity index (χ1v) is 6.92. The second-order valence-electron chi connectivity index (χ2n) is 5.65. The molecule has 1 heterocycles. The molecule has 0 saturated heterocycles. The molecule has 0 radical (unpaired) electrons. The first kappa shape index (κ1) is 11.8. The van der Waals surface area contributed by atoms with Crippen molar-refractivity contribution in [1.29, 1.82) is 0 Å². The molecular formula is C16H22N2. The highest BCUT2D eigenvalue weighted by molar-refractivity contribution is 5.89. The Hall–Kier alpha value is -1.28. The summed E-state index contributed by atoms with van der Waals surface area (Å²) in [7, 11) is 2.21. The van der Waals surface area contributed by atoms with Crippen LogP contribution in [0.2, 0.25) is 0 Å². The fourth-order valence-corrected chi connectivity index (χ4v) is 3.58. The summed E-state index contributed by atoms with van der Waals surface area (Å²) in [6, 6.07) is 4.55. The molecule has 0 bridgehead atoms. The number of aromatic nitrogens is 1. The Balaban J connectivity index is 2.39. The summed E-state index contributed by atoms with van der Waals surface area (Å²) in [5.74, 6) is 0.555. The standard InChI is InChI=1S/C16H22N2/c1-10-7-8-13-15-12(9-17)5-4-6-14(15)18(3)16(13)11(10)2/h7-8,12H,4-6,9,17H2,1-3H3. The van der Waals surface area contributed by atoms with E-state index in [-0.39, 0.29) is 0 Å². The Labute approximate surface area is 109 Å². The number of hydrogen-bond donors (Lipinski definition) is 1. The van der Waals surface area contributed by atoms with Crippen LogP contribution in [0.25, 0.3) is 10.9 Å². The predicted octanol–water partition coefficient (Wildman–Crippen LogP) is 3.17. The second-order valence-corrected chi connectivity index (χ2v) is 5.65. The van der Waals surface area contributed by atoms with Crippen molar-refractivity contribution < 1.29 is 0 Å². The van der Waals surface area contributed by atoms with E-state index in [1.807, 2.05) is 0 Å². The summed E-state index contributed by atoms with van der Waals surface area (Å²) < 4.78 is 2.41. The van der Waals surface area contributed by atoms with Crippen molar-refractivity contribution in [2.45, 2.75) is 39.0 Å². The predicted molar refractivity (Wildman–Crippen MR) is 77.1 cm³/mol. The Bertz CT molecular complexity index is 607. The van der Waals surface area contributed by atoms with Crippen molar-refractivity contribution in [3.63, 3.8) is 0 Å². The van der Waals surface area contributed by atoms with E-state index >= 15 is 0 Å². The number of nitrogens with zero attached hydrogens (tertiary/aromatic N) is 1. The maximum atomic E-state index is 5.98. The maximum Gasteiger partial charge on any atom is 0.0515 e. The van der Waals surface area contributed by atoms with Gasteiger partial charge in [0.1, 0.15) is 0 Å². The van der Waals surface area contributed by atoms with E-state index in [0.29, 0.717) is 5.92 Å². The average Bonchev–Trinajstić information content (AvgIpc) is 2.68. The molecule has 0 spiro atoms. The zero-order valence-electron chi connectivity index (χ0n) is 11.6. The van der Waals surface area contributed by atoms with Gasteiger partial charge in [-0.25, -0.2) is 0 Å². The molecule has 1 aromatic carbocycles. The van der Waals surface area contributed by atoms with Crippen LogP contribution < -0.4 is 5.73 Å². The number of hydrogen-bond acceptors (Lipinski definition) is 1. The monoisotopic (exact) mass is 242 g/mol. The molecular weight excluding hydrogens is 220 g/mol. The van der Waals surface area contributed by atoms with Gasteiger partial charge in [0.05, 0.1) is 5.52 Å². The fraction of sp³-hybridized carbons (Fsp3) is 0.500. The zero-order chi connectivity index (χ0) is 12.9. The van der Waals surface area contributed by atoms with Crippen molar-refractivity contribution in [2.75, 3.05) is 6.54 Å². The Morgan fingerprint density at radius 1 is 1.33 bits per heavy atom. The van der Waals surface area contributed by atoms with Gasteiger partial charge in [0.15, 0.2) is 0 Å². The summed E-state index contributed by atoms with van der Waals surface area (Å²) in [6.07, 6.45) is 3.72. The first-order valence-electron chi connectivity index (χ1n) is 6.92. The molecule has 0 amide bonds. The third-order valence-corrected chi connectivity index (χ3v) is 4.70. The van der Waals surface area contributed by atoms with Crippen molar-refractivity contribution in [3.8, 4) is 0 Å². The van der Waals surface area contributed by atoms with Crippen LogP contribution in [0.15, 0.2) is 12.1 Å². The average molecular weight is 242 g/mol. The van der Waals surface area contributed by atoms with E-state index < -0.39 is 0 Å². The van der Waals surface area contributed by atoms with E-state index in [0.717, 1.165) is 6.54 Å². The Morgan fingerprint density at radius 2 is 2.11 bits per heavy atom. The molecule has 3 rings (SSSR count). The number of rotatable bonds is 1. The van der Waals surface area contributed by atoms with Crippen LogP contribution in [0.4, 0.5) is 0 Å². The highest BCUT2D eigenvalue weighted by atomic mass is 15.0. The van der Waals surface area contributed by atoms with Gasteiger partial charge >= 0.3 is 0 Å². The second kappa shape index (κ2) is 4.13. The summed E-state index contributed by atoms with van der Waals surface area (Å²) in [5.41, 5.74) is 13.2. The lowest BCUT2D eigenvalue weighted by Gasteiger charge is -2.22. The van der Waals surface area contributed by atoms with Crippen molar-refractivity contribution in [1.82, 2.24) is 4.57 Å². The van der Waals surface area contributed by atoms with Crippen molar-refractivity contribution in [3.05, 3.63) is 34.5 Å². The van der Waals surface area contributed by atoms with Crippen LogP contribution in [-0.4, -0.2) is 11.1 Å². The molecule has 96 valence electrons. The Kier molecular flexibility index (Phi) is 2.70. The molecule has 0 aliphatic heterocycles. The summed E-state index contributed by atoms with van der Waals surface area (Å²) >= 11 is 0. The quantitative estimate of drug-likeness (QED) is 0.818. The molecule has 1 aromatic heterocycles. The first-order chi connectivity index (χ1) is 8.65. The fourth-order valence-electron chi connectivity index (χ4n) is 3.58. The van der Waals surface area contributed by atoms with E-state index in [9.17, 15) is 0 Å². The topological polar surface area (TPSA) is 30.9 Å². The van der Waals surface area contributed by atoms with Gasteiger partial charge in [-0.1, -0.05) is 12.1 Å². The van der Waals surface area contributed by atoms with Crippen molar-refractivity contribution >= 4 is 10.9 Å². The van der Waals surface area contributed by atoms with Crippen LogP contribution in [0.1, 0.15) is 41.1 Å². The van der Waals surface area contributed by atoms with Gasteiger partial charge in [0, 0.05) is 18.1 Å². The maximum absolute atomic E-state index is 5.98. The zero-order valence-corrected chi connectivity index (χ0v) is 11.6. The molecule has 2 aromatic rings. The number of aryl methyl sites for hydroxylation is 3. The van der Waals surface area contributed by atoms with Gasteiger partial charge in [-0.15, -0.1) is 0 Å². The lowest BCUT2D eigenvalue weighted by molar-refractivity contribution is 0.549. The van der Waals surface area contributed by atoms with Gasteiger partial charge in [-0.2, -0.15) is 0 Å². The summed E-state index contributed by atoms with van der Waals surface area (Å²) in [4.78, 5) is 0. The normalized spacial score (nSPS) is 19.2. The molecule has 0 fully saturated rings. The van der Waals surface area contributed by atoms with Gasteiger partial charge in [-0.05, 0) is 62.3 Å². The van der Waals surface area contributed by atoms with E-state index in [2.05, 4.69) is 37.6 Å².